The van der Waals surface area contributed by atoms with E-state index in [1.165, 1.54) is 13.2 Å². The SMILES string of the molecule is COc1ccccc1CNCc1cc(Cl)c(OCc2c(F)cccc2Cl)c(OC)c1. The van der Waals surface area contributed by atoms with E-state index < -0.39 is 5.82 Å². The summed E-state index contributed by atoms with van der Waals surface area (Å²) >= 11 is 12.5. The van der Waals surface area contributed by atoms with Gasteiger partial charge in [-0.15, -0.1) is 0 Å². The Labute approximate surface area is 185 Å². The van der Waals surface area contributed by atoms with E-state index in [2.05, 4.69) is 5.32 Å². The Balaban J connectivity index is 1.69. The van der Waals surface area contributed by atoms with Crippen molar-refractivity contribution in [1.82, 2.24) is 5.32 Å². The van der Waals surface area contributed by atoms with Crippen molar-refractivity contribution < 1.29 is 18.6 Å². The Morgan fingerprint density at radius 2 is 1.63 bits per heavy atom. The lowest BCUT2D eigenvalue weighted by Crippen LogP contribution is -2.13. The third-order valence-corrected chi connectivity index (χ3v) is 5.18. The second-order valence-electron chi connectivity index (χ2n) is 6.51. The zero-order valence-electron chi connectivity index (χ0n) is 16.7. The molecule has 0 unspecified atom stereocenters. The van der Waals surface area contributed by atoms with E-state index in [1.807, 2.05) is 30.3 Å². The van der Waals surface area contributed by atoms with Gasteiger partial charge in [0.15, 0.2) is 11.5 Å². The minimum Gasteiger partial charge on any atom is -0.496 e. The summed E-state index contributed by atoms with van der Waals surface area (Å²) in [6.45, 7) is 1.13. The van der Waals surface area contributed by atoms with Crippen LogP contribution in [0.3, 0.4) is 0 Å². The Kier molecular flexibility index (Phi) is 7.80. The summed E-state index contributed by atoms with van der Waals surface area (Å²) in [5.74, 6) is 1.20. The molecule has 0 aliphatic rings. The first kappa shape index (κ1) is 22.2. The Morgan fingerprint density at radius 1 is 0.867 bits per heavy atom. The van der Waals surface area contributed by atoms with E-state index >= 15 is 0 Å². The van der Waals surface area contributed by atoms with Gasteiger partial charge in [0.1, 0.15) is 18.2 Å². The molecule has 0 saturated heterocycles. The summed E-state index contributed by atoms with van der Waals surface area (Å²) in [5, 5.41) is 4.03. The number of hydrogen-bond donors (Lipinski definition) is 1. The van der Waals surface area contributed by atoms with Gasteiger partial charge in [-0.1, -0.05) is 47.5 Å². The molecule has 158 valence electrons. The molecule has 0 radical (unpaired) electrons. The number of nitrogens with one attached hydrogen (secondary N) is 1. The molecule has 0 heterocycles. The largest absolute Gasteiger partial charge is 0.496 e. The second kappa shape index (κ2) is 10.5. The van der Waals surface area contributed by atoms with Crippen molar-refractivity contribution >= 4 is 23.2 Å². The molecule has 4 nitrogen and oxygen atoms in total. The van der Waals surface area contributed by atoms with Gasteiger partial charge in [0, 0.05) is 24.2 Å². The Bertz CT molecular complexity index is 993. The van der Waals surface area contributed by atoms with Gasteiger partial charge in [-0.25, -0.2) is 4.39 Å². The van der Waals surface area contributed by atoms with Crippen molar-refractivity contribution in [1.29, 1.82) is 0 Å². The highest BCUT2D eigenvalue weighted by atomic mass is 35.5. The lowest BCUT2D eigenvalue weighted by Gasteiger charge is -2.15. The van der Waals surface area contributed by atoms with Crippen LogP contribution in [0.15, 0.2) is 54.6 Å². The molecule has 3 rings (SSSR count). The maximum atomic E-state index is 14.0. The van der Waals surface area contributed by atoms with Crippen molar-refractivity contribution in [2.24, 2.45) is 0 Å². The number of ether oxygens (including phenoxy) is 3. The van der Waals surface area contributed by atoms with Crippen LogP contribution < -0.4 is 19.5 Å². The number of para-hydroxylation sites is 1. The number of rotatable bonds is 9. The fourth-order valence-corrected chi connectivity index (χ4v) is 3.53. The lowest BCUT2D eigenvalue weighted by atomic mass is 10.1. The van der Waals surface area contributed by atoms with Gasteiger partial charge in [0.05, 0.1) is 24.3 Å². The second-order valence-corrected chi connectivity index (χ2v) is 7.33. The summed E-state index contributed by atoms with van der Waals surface area (Å²) in [4.78, 5) is 0. The highest BCUT2D eigenvalue weighted by Gasteiger charge is 2.15. The summed E-state index contributed by atoms with van der Waals surface area (Å²) in [7, 11) is 3.18. The molecule has 30 heavy (non-hydrogen) atoms. The molecule has 0 fully saturated rings. The molecule has 0 saturated carbocycles. The summed E-state index contributed by atoms with van der Waals surface area (Å²) in [5.41, 5.74) is 2.24. The van der Waals surface area contributed by atoms with Crippen molar-refractivity contribution in [3.63, 3.8) is 0 Å². The maximum Gasteiger partial charge on any atom is 0.180 e. The number of halogens is 3. The van der Waals surface area contributed by atoms with Crippen LogP contribution in [0, 0.1) is 5.82 Å². The monoisotopic (exact) mass is 449 g/mol. The standard InChI is InChI=1S/C23H22Cl2FNO3/c1-28-21-9-4-3-6-16(21)13-27-12-15-10-19(25)23(22(11-15)29-2)30-14-17-18(24)7-5-8-20(17)26/h3-11,27H,12-14H2,1-2H3. The molecule has 3 aromatic carbocycles. The first-order valence-electron chi connectivity index (χ1n) is 9.28. The third kappa shape index (κ3) is 5.36. The minimum absolute atomic E-state index is 0.0625. The molecule has 1 N–H and O–H groups in total. The first-order valence-corrected chi connectivity index (χ1v) is 10.0. The van der Waals surface area contributed by atoms with E-state index in [4.69, 9.17) is 37.4 Å². The molecule has 7 heteroatoms. The minimum atomic E-state index is -0.435. The molecule has 0 aliphatic carbocycles. The van der Waals surface area contributed by atoms with Crippen LogP contribution in [0.1, 0.15) is 16.7 Å². The Hall–Kier alpha value is -2.47. The van der Waals surface area contributed by atoms with Gasteiger partial charge in [0.2, 0.25) is 0 Å². The molecule has 3 aromatic rings. The van der Waals surface area contributed by atoms with Crippen LogP contribution in [0.25, 0.3) is 0 Å². The van der Waals surface area contributed by atoms with Gasteiger partial charge >= 0.3 is 0 Å². The van der Waals surface area contributed by atoms with E-state index in [0.29, 0.717) is 34.6 Å². The molecule has 0 spiro atoms. The van der Waals surface area contributed by atoms with Crippen molar-refractivity contribution in [3.8, 4) is 17.2 Å². The number of hydrogen-bond acceptors (Lipinski definition) is 4. The average molecular weight is 450 g/mol. The van der Waals surface area contributed by atoms with Gasteiger partial charge in [-0.05, 0) is 35.9 Å². The molecule has 0 atom stereocenters. The van der Waals surface area contributed by atoms with Gasteiger partial charge in [0.25, 0.3) is 0 Å². The molecule has 0 bridgehead atoms. The van der Waals surface area contributed by atoms with Crippen molar-refractivity contribution in [2.75, 3.05) is 14.2 Å². The topological polar surface area (TPSA) is 39.7 Å². The molecular formula is C23H22Cl2FNO3. The van der Waals surface area contributed by atoms with Crippen LogP contribution in [-0.4, -0.2) is 14.2 Å². The fraction of sp³-hybridized carbons (Fsp3) is 0.217. The summed E-state index contributed by atoms with van der Waals surface area (Å²) < 4.78 is 30.5. The zero-order valence-corrected chi connectivity index (χ0v) is 18.2. The van der Waals surface area contributed by atoms with Gasteiger partial charge in [-0.2, -0.15) is 0 Å². The maximum absolute atomic E-state index is 14.0. The highest BCUT2D eigenvalue weighted by Crippen LogP contribution is 2.37. The van der Waals surface area contributed by atoms with Gasteiger partial charge in [-0.3, -0.25) is 0 Å². The number of benzene rings is 3. The van der Waals surface area contributed by atoms with E-state index in [1.54, 1.807) is 25.3 Å². The predicted octanol–water partition coefficient (Wildman–Crippen LogP) is 6.02. The highest BCUT2D eigenvalue weighted by molar-refractivity contribution is 6.32. The van der Waals surface area contributed by atoms with E-state index in [0.717, 1.165) is 16.9 Å². The number of methoxy groups -OCH3 is 2. The van der Waals surface area contributed by atoms with Crippen LogP contribution in [0.2, 0.25) is 10.0 Å². The van der Waals surface area contributed by atoms with Crippen LogP contribution in [-0.2, 0) is 19.7 Å². The van der Waals surface area contributed by atoms with Gasteiger partial charge < -0.3 is 19.5 Å². The van der Waals surface area contributed by atoms with Crippen LogP contribution in [0.5, 0.6) is 17.2 Å². The smallest absolute Gasteiger partial charge is 0.180 e. The average Bonchev–Trinajstić information content (AvgIpc) is 2.74. The third-order valence-electron chi connectivity index (χ3n) is 4.55. The summed E-state index contributed by atoms with van der Waals surface area (Å²) in [6, 6.07) is 15.9. The van der Waals surface area contributed by atoms with Crippen LogP contribution in [0.4, 0.5) is 4.39 Å². The predicted molar refractivity (Wildman–Crippen MR) is 117 cm³/mol. The summed E-state index contributed by atoms with van der Waals surface area (Å²) in [6.07, 6.45) is 0. The fourth-order valence-electron chi connectivity index (χ4n) is 3.02. The van der Waals surface area contributed by atoms with Crippen molar-refractivity contribution in [3.05, 3.63) is 87.2 Å². The zero-order chi connectivity index (χ0) is 21.5. The molecule has 0 aromatic heterocycles. The van der Waals surface area contributed by atoms with E-state index in [9.17, 15) is 4.39 Å². The Morgan fingerprint density at radius 3 is 2.37 bits per heavy atom. The van der Waals surface area contributed by atoms with E-state index in [-0.39, 0.29) is 12.2 Å². The van der Waals surface area contributed by atoms with Crippen LogP contribution >= 0.6 is 23.2 Å². The molecule has 0 aliphatic heterocycles. The van der Waals surface area contributed by atoms with Crippen molar-refractivity contribution in [2.45, 2.75) is 19.7 Å². The normalized spacial score (nSPS) is 10.7. The quantitative estimate of drug-likeness (QED) is 0.433. The first-order chi connectivity index (χ1) is 14.5. The molecular weight excluding hydrogens is 428 g/mol. The molecule has 0 amide bonds. The lowest BCUT2D eigenvalue weighted by molar-refractivity contribution is 0.280.